The van der Waals surface area contributed by atoms with Gasteiger partial charge in [-0.1, -0.05) is 54.8 Å². The summed E-state index contributed by atoms with van der Waals surface area (Å²) in [5.41, 5.74) is 1.25. The van der Waals surface area contributed by atoms with Gasteiger partial charge >= 0.3 is 0 Å². The Balaban J connectivity index is 1.76. The molecule has 1 N–H and O–H groups in total. The molecule has 1 aliphatic heterocycles. The Bertz CT molecular complexity index is 403. The van der Waals surface area contributed by atoms with Crippen molar-refractivity contribution in [1.82, 2.24) is 10.2 Å². The van der Waals surface area contributed by atoms with Gasteiger partial charge in [-0.25, -0.2) is 0 Å². The fourth-order valence-electron chi connectivity index (χ4n) is 1.90. The van der Waals surface area contributed by atoms with E-state index in [9.17, 15) is 0 Å². The summed E-state index contributed by atoms with van der Waals surface area (Å²) in [6.07, 6.45) is 2.21. The Morgan fingerprint density at radius 1 is 1.29 bits per heavy atom. The molecular weight excluding hydrogens is 248 g/mol. The molecule has 0 bridgehead atoms. The lowest BCUT2D eigenvalue weighted by Gasteiger charge is -2.19. The monoisotopic (exact) mass is 264 g/mol. The maximum absolute atomic E-state index is 5.33. The second kappa shape index (κ2) is 6.07. The molecule has 2 nitrogen and oxygen atoms in total. The maximum atomic E-state index is 5.33. The fourth-order valence-corrected chi connectivity index (χ4v) is 2.43. The highest BCUT2D eigenvalue weighted by Gasteiger charge is 2.17. The molecule has 90 valence electrons. The third-order valence-corrected chi connectivity index (χ3v) is 3.57. The first-order chi connectivity index (χ1) is 8.25. The molecule has 1 fully saturated rings. The largest absolute Gasteiger partial charge is 0.374 e. The number of hydrogen-bond donors (Lipinski definition) is 1. The van der Waals surface area contributed by atoms with E-state index in [1.54, 1.807) is 0 Å². The molecule has 2 rings (SSSR count). The van der Waals surface area contributed by atoms with Gasteiger partial charge < -0.3 is 10.2 Å². The van der Waals surface area contributed by atoms with Crippen LogP contribution in [0.2, 0.25) is 0 Å². The van der Waals surface area contributed by atoms with Gasteiger partial charge in [0.1, 0.15) is 0 Å². The van der Waals surface area contributed by atoms with Gasteiger partial charge in [0.05, 0.1) is 16.5 Å². The first-order valence-corrected chi connectivity index (χ1v) is 6.66. The molecule has 1 aromatic rings. The number of hydrogen-bond acceptors (Lipinski definition) is 2. The Labute approximate surface area is 113 Å². The van der Waals surface area contributed by atoms with E-state index in [1.165, 1.54) is 12.0 Å². The Hall–Kier alpha value is -1.00. The van der Waals surface area contributed by atoms with E-state index in [0.29, 0.717) is 0 Å². The molecule has 1 aliphatic rings. The van der Waals surface area contributed by atoms with Crippen LogP contribution >= 0.6 is 24.4 Å². The zero-order valence-electron chi connectivity index (χ0n) is 9.69. The van der Waals surface area contributed by atoms with Crippen molar-refractivity contribution in [2.45, 2.75) is 19.4 Å². The number of thiocarbonyl (C=S) groups is 2. The van der Waals surface area contributed by atoms with Crippen LogP contribution in [-0.4, -0.2) is 28.0 Å². The summed E-state index contributed by atoms with van der Waals surface area (Å²) >= 11 is 10.6. The second-order valence-electron chi connectivity index (χ2n) is 4.18. The molecular formula is C13H16N2S2. The minimum atomic E-state index is 0.765. The quantitative estimate of drug-likeness (QED) is 0.840. The fraction of sp³-hybridized carbons (Fsp3) is 0.385. The van der Waals surface area contributed by atoms with E-state index >= 15 is 0 Å². The van der Waals surface area contributed by atoms with Crippen molar-refractivity contribution in [2.24, 2.45) is 0 Å². The summed E-state index contributed by atoms with van der Waals surface area (Å²) in [4.78, 5) is 4.11. The minimum absolute atomic E-state index is 0.765. The van der Waals surface area contributed by atoms with E-state index in [-0.39, 0.29) is 0 Å². The normalized spacial score (nSPS) is 15.1. The summed E-state index contributed by atoms with van der Waals surface area (Å²) in [6.45, 7) is 2.60. The van der Waals surface area contributed by atoms with Crippen molar-refractivity contribution in [3.63, 3.8) is 0 Å². The van der Waals surface area contributed by atoms with Gasteiger partial charge in [0.15, 0.2) is 0 Å². The highest BCUT2D eigenvalue weighted by atomic mass is 32.1. The van der Waals surface area contributed by atoms with Crippen LogP contribution in [0.25, 0.3) is 0 Å². The smallest absolute Gasteiger partial charge is 0.0952 e. The van der Waals surface area contributed by atoms with Gasteiger partial charge in [-0.3, -0.25) is 0 Å². The lowest BCUT2D eigenvalue weighted by molar-refractivity contribution is 0.518. The van der Waals surface area contributed by atoms with Gasteiger partial charge in [-0.15, -0.1) is 0 Å². The van der Waals surface area contributed by atoms with Gasteiger partial charge in [-0.2, -0.15) is 0 Å². The first kappa shape index (κ1) is 12.5. The minimum Gasteiger partial charge on any atom is -0.374 e. The molecule has 0 radical (unpaired) electrons. The van der Waals surface area contributed by atoms with Gasteiger partial charge in [-0.05, 0) is 18.4 Å². The number of benzene rings is 1. The van der Waals surface area contributed by atoms with Crippen LogP contribution in [0.15, 0.2) is 30.3 Å². The third-order valence-electron chi connectivity index (χ3n) is 2.84. The number of nitrogens with zero attached hydrogens (tertiary/aromatic N) is 1. The Morgan fingerprint density at radius 3 is 2.71 bits per heavy atom. The predicted octanol–water partition coefficient (Wildman–Crippen LogP) is 2.53. The number of rotatable bonds is 4. The molecule has 0 amide bonds. The SMILES string of the molecule is S=C(CN1CCCC1=S)NCc1ccccc1. The molecule has 0 atom stereocenters. The van der Waals surface area contributed by atoms with Crippen LogP contribution in [-0.2, 0) is 6.54 Å². The summed E-state index contributed by atoms with van der Waals surface area (Å²) in [5.74, 6) is 0. The molecule has 0 unspecified atom stereocenters. The first-order valence-electron chi connectivity index (χ1n) is 5.84. The van der Waals surface area contributed by atoms with Crippen LogP contribution in [0.1, 0.15) is 18.4 Å². The lowest BCUT2D eigenvalue weighted by Crippen LogP contribution is -2.35. The highest BCUT2D eigenvalue weighted by Crippen LogP contribution is 2.10. The predicted molar refractivity (Wildman–Crippen MR) is 79.3 cm³/mol. The molecule has 0 saturated carbocycles. The summed E-state index contributed by atoms with van der Waals surface area (Å²) in [7, 11) is 0. The summed E-state index contributed by atoms with van der Waals surface area (Å²) in [6, 6.07) is 10.3. The number of likely N-dealkylation sites (tertiary alicyclic amines) is 1. The molecule has 0 aliphatic carbocycles. The van der Waals surface area contributed by atoms with Crippen LogP contribution in [0, 0.1) is 0 Å². The molecule has 1 heterocycles. The molecule has 0 spiro atoms. The van der Waals surface area contributed by atoms with Gasteiger partial charge in [0.2, 0.25) is 0 Å². The number of nitrogens with one attached hydrogen (secondary N) is 1. The Kier molecular flexibility index (Phi) is 4.45. The van der Waals surface area contributed by atoms with Crippen LogP contribution in [0.4, 0.5) is 0 Å². The van der Waals surface area contributed by atoms with Gasteiger partial charge in [0.25, 0.3) is 0 Å². The lowest BCUT2D eigenvalue weighted by atomic mass is 10.2. The molecule has 0 aromatic heterocycles. The standard InChI is InChI=1S/C13H16N2S2/c16-12(10-15-8-4-7-13(15)17)14-9-11-5-2-1-3-6-11/h1-3,5-6H,4,7-10H2,(H,14,16). The van der Waals surface area contributed by atoms with Crippen LogP contribution < -0.4 is 5.32 Å². The van der Waals surface area contributed by atoms with E-state index in [0.717, 1.165) is 36.0 Å². The van der Waals surface area contributed by atoms with Crippen molar-refractivity contribution < 1.29 is 0 Å². The summed E-state index contributed by atoms with van der Waals surface area (Å²) in [5, 5.41) is 3.28. The third kappa shape index (κ3) is 3.75. The molecule has 4 heteroatoms. The van der Waals surface area contributed by atoms with E-state index < -0.39 is 0 Å². The van der Waals surface area contributed by atoms with Gasteiger partial charge in [0, 0.05) is 13.1 Å². The topological polar surface area (TPSA) is 15.3 Å². The maximum Gasteiger partial charge on any atom is 0.0952 e. The average molecular weight is 264 g/mol. The van der Waals surface area contributed by atoms with Crippen molar-refractivity contribution in [2.75, 3.05) is 13.1 Å². The van der Waals surface area contributed by atoms with E-state index in [4.69, 9.17) is 24.4 Å². The van der Waals surface area contributed by atoms with Crippen molar-refractivity contribution in [3.8, 4) is 0 Å². The highest BCUT2D eigenvalue weighted by molar-refractivity contribution is 7.80. The second-order valence-corrected chi connectivity index (χ2v) is 5.15. The zero-order chi connectivity index (χ0) is 12.1. The van der Waals surface area contributed by atoms with Crippen LogP contribution in [0.3, 0.4) is 0 Å². The van der Waals surface area contributed by atoms with E-state index in [1.807, 2.05) is 18.2 Å². The summed E-state index contributed by atoms with van der Waals surface area (Å²) < 4.78 is 0. The average Bonchev–Trinajstić information content (AvgIpc) is 2.74. The molecule has 1 saturated heterocycles. The van der Waals surface area contributed by atoms with Crippen LogP contribution in [0.5, 0.6) is 0 Å². The van der Waals surface area contributed by atoms with Crippen molar-refractivity contribution in [3.05, 3.63) is 35.9 Å². The zero-order valence-corrected chi connectivity index (χ0v) is 11.3. The van der Waals surface area contributed by atoms with E-state index in [2.05, 4.69) is 22.3 Å². The Morgan fingerprint density at radius 2 is 2.06 bits per heavy atom. The molecule has 17 heavy (non-hydrogen) atoms. The molecule has 1 aromatic carbocycles. The van der Waals surface area contributed by atoms with Crippen molar-refractivity contribution in [1.29, 1.82) is 0 Å². The van der Waals surface area contributed by atoms with Crippen molar-refractivity contribution >= 4 is 34.4 Å².